The second-order valence-electron chi connectivity index (χ2n) is 27.5. The number of hydrogen-bond donors (Lipinski definition) is 4. The highest BCUT2D eigenvalue weighted by Crippen LogP contribution is 2.45. The first-order valence-corrected chi connectivity index (χ1v) is 44.8. The number of carbonyl (C=O) groups excluding carboxylic acids is 3. The average Bonchev–Trinajstić information content (AvgIpc) is 0.908. The van der Waals surface area contributed by atoms with Crippen LogP contribution in [0, 0.1) is 0 Å². The van der Waals surface area contributed by atoms with Crippen LogP contribution in [0.1, 0.15) is 329 Å². The van der Waals surface area contributed by atoms with Crippen molar-refractivity contribution in [3.05, 3.63) is 158 Å². The van der Waals surface area contributed by atoms with Gasteiger partial charge in [0.05, 0.1) is 26.4 Å². The molecule has 0 rings (SSSR count). The van der Waals surface area contributed by atoms with Crippen molar-refractivity contribution in [3.63, 3.8) is 0 Å². The van der Waals surface area contributed by atoms with E-state index in [0.717, 1.165) is 180 Å². The number of esters is 3. The van der Waals surface area contributed by atoms with E-state index in [1.807, 2.05) is 0 Å². The first kappa shape index (κ1) is 102. The van der Waals surface area contributed by atoms with Crippen molar-refractivity contribution in [3.8, 4) is 0 Å². The van der Waals surface area contributed by atoms with E-state index in [2.05, 4.69) is 179 Å². The number of ether oxygens (including phenoxy) is 3. The third-order valence-electron chi connectivity index (χ3n) is 17.2. The largest absolute Gasteiger partial charge is 0.472 e. The molecule has 107 heavy (non-hydrogen) atoms. The van der Waals surface area contributed by atoms with Crippen LogP contribution in [-0.4, -0.2) is 95.9 Å². The van der Waals surface area contributed by atoms with Gasteiger partial charge in [-0.3, -0.25) is 32.5 Å². The quantitative estimate of drug-likeness (QED) is 0.0146. The summed E-state index contributed by atoms with van der Waals surface area (Å²) in [5.41, 5.74) is 0. The van der Waals surface area contributed by atoms with Crippen molar-refractivity contribution < 1.29 is 75.8 Å². The molecule has 0 aromatic carbocycles. The van der Waals surface area contributed by atoms with E-state index in [-0.39, 0.29) is 19.3 Å². The summed E-state index contributed by atoms with van der Waals surface area (Å²) in [4.78, 5) is 58.7. The maximum absolute atomic E-state index is 13.0. The predicted molar refractivity (Wildman–Crippen MR) is 445 cm³/mol. The molecule has 0 fully saturated rings. The molecule has 4 N–H and O–H groups in total. The van der Waals surface area contributed by atoms with Gasteiger partial charge in [0.1, 0.15) is 25.4 Å². The molecule has 0 saturated heterocycles. The fraction of sp³-hybridized carbons (Fsp3) is 0.674. The van der Waals surface area contributed by atoms with Crippen molar-refractivity contribution in [1.29, 1.82) is 0 Å². The van der Waals surface area contributed by atoms with Crippen LogP contribution in [0.4, 0.5) is 0 Å². The molecular formula is C89H150O16P2. The summed E-state index contributed by atoms with van der Waals surface area (Å²) in [5, 5.41) is 20.7. The molecule has 0 saturated carbocycles. The van der Waals surface area contributed by atoms with Gasteiger partial charge in [0.2, 0.25) is 0 Å². The maximum Gasteiger partial charge on any atom is 0.472 e. The summed E-state index contributed by atoms with van der Waals surface area (Å²) in [6, 6.07) is 0. The summed E-state index contributed by atoms with van der Waals surface area (Å²) in [6.45, 7) is 2.40. The number of aliphatic hydroxyl groups is 2. The number of carbonyl (C=O) groups is 3. The number of allylic oxidation sites excluding steroid dienone is 26. The first-order chi connectivity index (χ1) is 52.2. The lowest BCUT2D eigenvalue weighted by molar-refractivity contribution is -0.161. The van der Waals surface area contributed by atoms with Gasteiger partial charge in [0.25, 0.3) is 0 Å². The first-order valence-electron chi connectivity index (χ1n) is 41.8. The molecule has 0 aliphatic rings. The molecule has 0 heterocycles. The van der Waals surface area contributed by atoms with E-state index in [0.29, 0.717) is 19.3 Å². The zero-order valence-corrected chi connectivity index (χ0v) is 68.8. The van der Waals surface area contributed by atoms with Crippen LogP contribution < -0.4 is 0 Å². The fourth-order valence-corrected chi connectivity index (χ4v) is 12.5. The standard InChI is InChI=1S/C89H150O16P2/c1-4-7-10-13-16-19-22-25-28-30-32-34-36-37-38-39-40-41-42-43-44-45-47-49-50-52-55-57-60-63-66-69-72-75-87(92)99-78-84(90)79-101-106(95,96)102-80-85(91)81-103-107(97,98)104-83-86(105-89(94)77-74-71-68-65-62-59-54-27-24-21-18-15-12-9-6-3)82-100-88(93)76-73-70-67-64-61-58-56-53-51-48-46-35-33-31-29-26-23-20-17-14-11-8-5-2/h7,9-10,12,16-21,25-29,32-35,37-38,40-41,48,51,54,84-86,90-91H,4-6,8,11,13-15,22-24,30-31,36,39,42-47,49-50,52-53,55-83H2,1-3H3,(H,95,96)(H,97,98)/b10-7-,12-9-,19-16-,20-17-,21-18-,28-25-,29-26-,34-32-,35-33-,38-37-,41-40-,51-48-,54-27-. The Bertz CT molecular complexity index is 2580. The highest BCUT2D eigenvalue weighted by molar-refractivity contribution is 7.47. The molecule has 0 bridgehead atoms. The molecule has 0 aliphatic heterocycles. The summed E-state index contributed by atoms with van der Waals surface area (Å²) in [6.07, 6.45) is 102. The number of phosphoric ester groups is 2. The monoisotopic (exact) mass is 1540 g/mol. The predicted octanol–water partition coefficient (Wildman–Crippen LogP) is 25.0. The Morgan fingerprint density at radius 1 is 0.271 bits per heavy atom. The van der Waals surface area contributed by atoms with Crippen molar-refractivity contribution in [1.82, 2.24) is 0 Å². The molecule has 0 amide bonds. The third-order valence-corrected chi connectivity index (χ3v) is 19.1. The van der Waals surface area contributed by atoms with Gasteiger partial charge in [-0.2, -0.15) is 0 Å². The van der Waals surface area contributed by atoms with Crippen LogP contribution in [0.2, 0.25) is 0 Å². The minimum absolute atomic E-state index is 0.0789. The van der Waals surface area contributed by atoms with Gasteiger partial charge in [-0.25, -0.2) is 9.13 Å². The number of unbranched alkanes of at least 4 members (excludes halogenated alkanes) is 29. The van der Waals surface area contributed by atoms with Crippen molar-refractivity contribution in [2.24, 2.45) is 0 Å². The average molecular weight is 1540 g/mol. The minimum atomic E-state index is -4.94. The fourth-order valence-electron chi connectivity index (χ4n) is 10.9. The topological polar surface area (TPSA) is 231 Å². The maximum atomic E-state index is 13.0. The van der Waals surface area contributed by atoms with Gasteiger partial charge in [0.15, 0.2) is 6.10 Å². The van der Waals surface area contributed by atoms with Crippen LogP contribution in [0.3, 0.4) is 0 Å². The van der Waals surface area contributed by atoms with Gasteiger partial charge in [-0.05, 0) is 148 Å². The molecule has 16 nitrogen and oxygen atoms in total. The Morgan fingerprint density at radius 3 is 0.785 bits per heavy atom. The van der Waals surface area contributed by atoms with Gasteiger partial charge in [-0.15, -0.1) is 0 Å². The van der Waals surface area contributed by atoms with Gasteiger partial charge < -0.3 is 34.2 Å². The van der Waals surface area contributed by atoms with Crippen LogP contribution >= 0.6 is 15.6 Å². The Labute approximate surface area is 650 Å². The lowest BCUT2D eigenvalue weighted by Gasteiger charge is -2.21. The molecule has 0 aliphatic carbocycles. The molecule has 0 spiro atoms. The van der Waals surface area contributed by atoms with Crippen LogP contribution in [0.15, 0.2) is 158 Å². The van der Waals surface area contributed by atoms with E-state index in [4.69, 9.17) is 32.3 Å². The zero-order chi connectivity index (χ0) is 78.0. The SMILES string of the molecule is CC/C=C\C/C=C\C/C=C\C/C=C\C/C=C\C/C=C\CCCCCCCCCCCCCCCCC(=O)OCC(O)COP(=O)(O)OCC(O)COP(=O)(O)OCC(COC(=O)CCCCCCCCC/C=C\C/C=C\C/C=C\C/C=C\CCCCC)OC(=O)CCCCCCC/C=C\C/C=C\C/C=C\CC. The summed E-state index contributed by atoms with van der Waals surface area (Å²) in [7, 11) is -9.81. The highest BCUT2D eigenvalue weighted by Gasteiger charge is 2.29. The molecule has 0 radical (unpaired) electrons. The Hall–Kier alpha value is -4.83. The molecule has 612 valence electrons. The third kappa shape index (κ3) is 82.0. The lowest BCUT2D eigenvalue weighted by Crippen LogP contribution is -2.30. The molecule has 0 aromatic rings. The molecule has 5 unspecified atom stereocenters. The smallest absolute Gasteiger partial charge is 0.463 e. The van der Waals surface area contributed by atoms with Gasteiger partial charge in [0, 0.05) is 19.3 Å². The second kappa shape index (κ2) is 80.7. The van der Waals surface area contributed by atoms with Crippen LogP contribution in [-0.2, 0) is 55.8 Å². The van der Waals surface area contributed by atoms with Crippen molar-refractivity contribution in [2.75, 3.05) is 39.6 Å². The summed E-state index contributed by atoms with van der Waals surface area (Å²) < 4.78 is 61.2. The number of aliphatic hydroxyl groups excluding tert-OH is 2. The number of phosphoric acid groups is 2. The normalized spacial score (nSPS) is 14.7. The Morgan fingerprint density at radius 2 is 0.495 bits per heavy atom. The van der Waals surface area contributed by atoms with E-state index in [1.54, 1.807) is 0 Å². The second-order valence-corrected chi connectivity index (χ2v) is 30.4. The molecule has 5 atom stereocenters. The van der Waals surface area contributed by atoms with Crippen molar-refractivity contribution >= 4 is 33.6 Å². The van der Waals surface area contributed by atoms with E-state index in [1.165, 1.54) is 89.9 Å². The number of rotatable bonds is 78. The zero-order valence-electron chi connectivity index (χ0n) is 67.0. The lowest BCUT2D eigenvalue weighted by atomic mass is 10.0. The highest BCUT2D eigenvalue weighted by atomic mass is 31.2. The number of hydrogen-bond acceptors (Lipinski definition) is 14. The van der Waals surface area contributed by atoms with Gasteiger partial charge in [-0.1, -0.05) is 320 Å². The van der Waals surface area contributed by atoms with E-state index < -0.39 is 91.5 Å². The summed E-state index contributed by atoms with van der Waals surface area (Å²) in [5.74, 6) is -1.61. The van der Waals surface area contributed by atoms with Gasteiger partial charge >= 0.3 is 33.6 Å². The van der Waals surface area contributed by atoms with Crippen LogP contribution in [0.5, 0.6) is 0 Å². The minimum Gasteiger partial charge on any atom is -0.463 e. The molecular weight excluding hydrogens is 1390 g/mol. The van der Waals surface area contributed by atoms with E-state index >= 15 is 0 Å². The Balaban J connectivity index is 4.49. The van der Waals surface area contributed by atoms with E-state index in [9.17, 15) is 43.5 Å². The van der Waals surface area contributed by atoms with Crippen LogP contribution in [0.25, 0.3) is 0 Å². The van der Waals surface area contributed by atoms with Crippen molar-refractivity contribution in [2.45, 2.75) is 347 Å². The Kier molecular flexibility index (Phi) is 77.0. The molecule has 18 heteroatoms. The molecule has 0 aromatic heterocycles. The summed E-state index contributed by atoms with van der Waals surface area (Å²) >= 11 is 0.